The lowest BCUT2D eigenvalue weighted by molar-refractivity contribution is -0.141. The molecule has 0 saturated heterocycles. The Balaban J connectivity index is 1.43. The van der Waals surface area contributed by atoms with Gasteiger partial charge in [-0.3, -0.25) is 4.79 Å². The zero-order valence-corrected chi connectivity index (χ0v) is 23.2. The Morgan fingerprint density at radius 2 is 1.75 bits per heavy atom. The van der Waals surface area contributed by atoms with E-state index in [1.165, 1.54) is 43.5 Å². The summed E-state index contributed by atoms with van der Waals surface area (Å²) in [4.78, 5) is 13.3. The van der Waals surface area contributed by atoms with Gasteiger partial charge in [-0.1, -0.05) is 60.7 Å². The predicted molar refractivity (Wildman–Crippen MR) is 156 cm³/mol. The van der Waals surface area contributed by atoms with E-state index in [1.54, 1.807) is 30.3 Å². The Kier molecular flexibility index (Phi) is 8.64. The van der Waals surface area contributed by atoms with Gasteiger partial charge in [0.25, 0.3) is 5.91 Å². The molecule has 1 aromatic heterocycles. The number of amides is 1. The van der Waals surface area contributed by atoms with Crippen LogP contribution in [0, 0.1) is 11.3 Å². The van der Waals surface area contributed by atoms with Crippen molar-refractivity contribution >= 4 is 11.6 Å². The predicted octanol–water partition coefficient (Wildman–Crippen LogP) is 6.68. The standard InChI is InChI=1S/C33H25F3N4O4/c1-43-28-15-7-14-26(31(28)44-20-21-8-3-2-4-9-21)30(41)23-11-6-12-24(17-23)38-32(42)27-18-29(33(34,35)36)39-40(27)25-13-5-10-22(16-25)19-37/h2-18,30,41H,20H2,1H3,(H,38,42). The number of aliphatic hydroxyl groups is 1. The number of benzene rings is 4. The maximum atomic E-state index is 13.6. The third-order valence-electron chi connectivity index (χ3n) is 6.66. The van der Waals surface area contributed by atoms with Gasteiger partial charge in [-0.2, -0.15) is 23.5 Å². The number of rotatable bonds is 9. The van der Waals surface area contributed by atoms with Gasteiger partial charge in [-0.05, 0) is 47.5 Å². The smallest absolute Gasteiger partial charge is 0.435 e. The van der Waals surface area contributed by atoms with Crippen LogP contribution in [0.2, 0.25) is 0 Å². The Morgan fingerprint density at radius 1 is 1.00 bits per heavy atom. The second-order valence-electron chi connectivity index (χ2n) is 9.62. The number of hydrogen-bond acceptors (Lipinski definition) is 6. The molecule has 0 radical (unpaired) electrons. The number of methoxy groups -OCH3 is 1. The number of nitrogens with one attached hydrogen (secondary N) is 1. The highest BCUT2D eigenvalue weighted by molar-refractivity contribution is 6.03. The maximum absolute atomic E-state index is 13.6. The van der Waals surface area contributed by atoms with E-state index < -0.39 is 29.6 Å². The van der Waals surface area contributed by atoms with E-state index in [1.807, 2.05) is 36.4 Å². The molecule has 1 heterocycles. The molecule has 0 bridgehead atoms. The minimum Gasteiger partial charge on any atom is -0.493 e. The number of carbonyl (C=O) groups is 1. The molecule has 8 nitrogen and oxygen atoms in total. The largest absolute Gasteiger partial charge is 0.493 e. The number of hydrogen-bond donors (Lipinski definition) is 2. The normalized spacial score (nSPS) is 11.8. The van der Waals surface area contributed by atoms with Crippen LogP contribution >= 0.6 is 0 Å². The highest BCUT2D eigenvalue weighted by atomic mass is 19.4. The van der Waals surface area contributed by atoms with E-state index in [0.717, 1.165) is 10.2 Å². The lowest BCUT2D eigenvalue weighted by Crippen LogP contribution is -2.17. The molecule has 222 valence electrons. The molecule has 0 aliphatic heterocycles. The average Bonchev–Trinajstić information content (AvgIpc) is 3.51. The number of aliphatic hydroxyl groups excluding tert-OH is 1. The molecule has 11 heteroatoms. The molecule has 5 rings (SSSR count). The molecule has 0 saturated carbocycles. The molecule has 44 heavy (non-hydrogen) atoms. The molecule has 0 aliphatic rings. The van der Waals surface area contributed by atoms with Crippen molar-refractivity contribution in [1.29, 1.82) is 5.26 Å². The average molecular weight is 599 g/mol. The summed E-state index contributed by atoms with van der Waals surface area (Å²) in [5, 5.41) is 26.8. The topological polar surface area (TPSA) is 109 Å². The van der Waals surface area contributed by atoms with E-state index in [9.17, 15) is 28.3 Å². The van der Waals surface area contributed by atoms with Gasteiger partial charge in [0.2, 0.25) is 0 Å². The fourth-order valence-corrected chi connectivity index (χ4v) is 4.54. The molecule has 1 atom stereocenters. The highest BCUT2D eigenvalue weighted by Crippen LogP contribution is 2.38. The van der Waals surface area contributed by atoms with Gasteiger partial charge in [0.15, 0.2) is 17.2 Å². The fraction of sp³-hybridized carbons (Fsp3) is 0.121. The van der Waals surface area contributed by atoms with Crippen LogP contribution in [0.15, 0.2) is 103 Å². The zero-order chi connectivity index (χ0) is 31.3. The van der Waals surface area contributed by atoms with Gasteiger partial charge in [-0.25, -0.2) is 4.68 Å². The monoisotopic (exact) mass is 598 g/mol. The first-order valence-corrected chi connectivity index (χ1v) is 13.3. The minimum atomic E-state index is -4.81. The van der Waals surface area contributed by atoms with Crippen molar-refractivity contribution in [3.63, 3.8) is 0 Å². The van der Waals surface area contributed by atoms with E-state index in [4.69, 9.17) is 9.47 Å². The summed E-state index contributed by atoms with van der Waals surface area (Å²) >= 11 is 0. The van der Waals surface area contributed by atoms with Crippen molar-refractivity contribution in [2.24, 2.45) is 0 Å². The Morgan fingerprint density at radius 3 is 2.48 bits per heavy atom. The van der Waals surface area contributed by atoms with E-state index >= 15 is 0 Å². The number of halogens is 3. The molecular formula is C33H25F3N4O4. The number of anilines is 1. The van der Waals surface area contributed by atoms with Crippen molar-refractivity contribution < 1.29 is 32.5 Å². The second kappa shape index (κ2) is 12.7. The number of alkyl halides is 3. The molecular weight excluding hydrogens is 573 g/mol. The molecule has 2 N–H and O–H groups in total. The third-order valence-corrected chi connectivity index (χ3v) is 6.66. The van der Waals surface area contributed by atoms with Crippen molar-refractivity contribution in [2.75, 3.05) is 12.4 Å². The number of carbonyl (C=O) groups excluding carboxylic acids is 1. The first kappa shape index (κ1) is 29.9. The zero-order valence-electron chi connectivity index (χ0n) is 23.2. The fourth-order valence-electron chi connectivity index (χ4n) is 4.54. The minimum absolute atomic E-state index is 0.106. The van der Waals surface area contributed by atoms with Gasteiger partial charge < -0.3 is 19.9 Å². The molecule has 1 unspecified atom stereocenters. The summed E-state index contributed by atoms with van der Waals surface area (Å²) < 4.78 is 53.1. The van der Waals surface area contributed by atoms with Crippen LogP contribution in [-0.4, -0.2) is 27.9 Å². The summed E-state index contributed by atoms with van der Waals surface area (Å²) in [5.41, 5.74) is 0.544. The number of aromatic nitrogens is 2. The van der Waals surface area contributed by atoms with Crippen LogP contribution in [0.4, 0.5) is 18.9 Å². The molecule has 0 spiro atoms. The summed E-state index contributed by atoms with van der Waals surface area (Å²) in [6, 6.07) is 29.1. The second-order valence-corrected chi connectivity index (χ2v) is 9.62. The van der Waals surface area contributed by atoms with Crippen LogP contribution in [-0.2, 0) is 12.8 Å². The first-order chi connectivity index (χ1) is 21.2. The van der Waals surface area contributed by atoms with Gasteiger partial charge in [0, 0.05) is 17.3 Å². The van der Waals surface area contributed by atoms with E-state index in [0.29, 0.717) is 28.7 Å². The number of nitriles is 1. The first-order valence-electron chi connectivity index (χ1n) is 13.3. The number of para-hydroxylation sites is 1. The molecule has 0 aliphatic carbocycles. The van der Waals surface area contributed by atoms with Crippen molar-refractivity contribution in [1.82, 2.24) is 9.78 Å². The SMILES string of the molecule is COc1cccc(C(O)c2cccc(NC(=O)c3cc(C(F)(F)F)nn3-c3cccc(C#N)c3)c2)c1OCc1ccccc1. The van der Waals surface area contributed by atoms with Crippen LogP contribution in [0.25, 0.3) is 5.69 Å². The highest BCUT2D eigenvalue weighted by Gasteiger charge is 2.36. The third kappa shape index (κ3) is 6.56. The number of ether oxygens (including phenoxy) is 2. The molecule has 0 fully saturated rings. The van der Waals surface area contributed by atoms with Crippen LogP contribution in [0.1, 0.15) is 44.5 Å². The summed E-state index contributed by atoms with van der Waals surface area (Å²) in [6.07, 6.45) is -6.02. The lowest BCUT2D eigenvalue weighted by atomic mass is 9.99. The maximum Gasteiger partial charge on any atom is 0.435 e. The van der Waals surface area contributed by atoms with Crippen molar-refractivity contribution in [3.8, 4) is 23.3 Å². The number of nitrogens with zero attached hydrogens (tertiary/aromatic N) is 3. The van der Waals surface area contributed by atoms with Crippen LogP contribution < -0.4 is 14.8 Å². The van der Waals surface area contributed by atoms with Gasteiger partial charge in [0.05, 0.1) is 24.4 Å². The van der Waals surface area contributed by atoms with Crippen molar-refractivity contribution in [2.45, 2.75) is 18.9 Å². The van der Waals surface area contributed by atoms with Gasteiger partial charge in [-0.15, -0.1) is 0 Å². The lowest BCUT2D eigenvalue weighted by Gasteiger charge is -2.19. The Bertz CT molecular complexity index is 1830. The van der Waals surface area contributed by atoms with Crippen molar-refractivity contribution in [3.05, 3.63) is 137 Å². The van der Waals surface area contributed by atoms with E-state index in [-0.39, 0.29) is 23.5 Å². The van der Waals surface area contributed by atoms with Gasteiger partial charge >= 0.3 is 6.18 Å². The molecule has 4 aromatic carbocycles. The quantitative estimate of drug-likeness (QED) is 0.196. The molecule has 5 aromatic rings. The summed E-state index contributed by atoms with van der Waals surface area (Å²) in [6.45, 7) is 0.224. The van der Waals surface area contributed by atoms with Gasteiger partial charge in [0.1, 0.15) is 18.4 Å². The van der Waals surface area contributed by atoms with Crippen LogP contribution in [0.5, 0.6) is 11.5 Å². The molecule has 1 amide bonds. The summed E-state index contributed by atoms with van der Waals surface area (Å²) in [7, 11) is 1.49. The Hall–Kier alpha value is -5.60. The summed E-state index contributed by atoms with van der Waals surface area (Å²) in [5.74, 6) is -0.129. The Labute approximate surface area is 250 Å². The van der Waals surface area contributed by atoms with Crippen LogP contribution in [0.3, 0.4) is 0 Å². The van der Waals surface area contributed by atoms with E-state index in [2.05, 4.69) is 10.4 Å².